The highest BCUT2D eigenvalue weighted by molar-refractivity contribution is 7.21. The molecule has 0 aliphatic rings. The van der Waals surface area contributed by atoms with Crippen LogP contribution in [0.5, 0.6) is 0 Å². The van der Waals surface area contributed by atoms with E-state index in [2.05, 4.69) is 0 Å². The molecule has 0 aliphatic carbocycles. The summed E-state index contributed by atoms with van der Waals surface area (Å²) in [5.74, 6) is -0.785. The molecule has 0 unspecified atom stereocenters. The molecular weight excluding hydrogens is 286 g/mol. The number of aryl methyl sites for hydroxylation is 1. The molecule has 2 rings (SSSR count). The van der Waals surface area contributed by atoms with Crippen LogP contribution in [0.3, 0.4) is 0 Å². The van der Waals surface area contributed by atoms with Crippen molar-refractivity contribution in [1.82, 2.24) is 4.90 Å². The maximum Gasteiger partial charge on any atom is 0.266 e. The fraction of sp³-hybridized carbons (Fsp3) is 0.333. The van der Waals surface area contributed by atoms with Crippen molar-refractivity contribution in [2.24, 2.45) is 5.73 Å². The number of primary amides is 1. The van der Waals surface area contributed by atoms with Gasteiger partial charge in [0, 0.05) is 16.1 Å². The maximum atomic E-state index is 12.6. The molecule has 1 heterocycles. The largest absolute Gasteiger partial charge is 0.397 e. The molecular formula is C15H19N3O2S. The SMILES string of the molecule is Cc1ccc2sc(C(=O)N(CC(N)=O)C(C)C)c(N)c2c1. The zero-order valence-electron chi connectivity index (χ0n) is 12.3. The van der Waals surface area contributed by atoms with Crippen LogP contribution in [0.1, 0.15) is 29.1 Å². The minimum Gasteiger partial charge on any atom is -0.397 e. The predicted octanol–water partition coefficient (Wildman–Crippen LogP) is 2.13. The van der Waals surface area contributed by atoms with Crippen molar-refractivity contribution < 1.29 is 9.59 Å². The highest BCUT2D eigenvalue weighted by atomic mass is 32.1. The molecule has 6 heteroatoms. The fourth-order valence-electron chi connectivity index (χ4n) is 2.18. The second-order valence-corrected chi connectivity index (χ2v) is 6.39. The smallest absolute Gasteiger partial charge is 0.266 e. The van der Waals surface area contributed by atoms with E-state index in [4.69, 9.17) is 11.5 Å². The van der Waals surface area contributed by atoms with Gasteiger partial charge in [-0.05, 0) is 32.9 Å². The van der Waals surface area contributed by atoms with Crippen LogP contribution in [-0.4, -0.2) is 29.3 Å². The number of carbonyl (C=O) groups is 2. The average Bonchev–Trinajstić information content (AvgIpc) is 2.72. The van der Waals surface area contributed by atoms with Gasteiger partial charge in [-0.3, -0.25) is 9.59 Å². The zero-order valence-corrected chi connectivity index (χ0v) is 13.2. The first-order chi connectivity index (χ1) is 9.81. The minimum absolute atomic E-state index is 0.108. The van der Waals surface area contributed by atoms with E-state index in [9.17, 15) is 9.59 Å². The first-order valence-corrected chi connectivity index (χ1v) is 7.50. The Morgan fingerprint density at radius 1 is 1.33 bits per heavy atom. The van der Waals surface area contributed by atoms with Gasteiger partial charge in [-0.15, -0.1) is 11.3 Å². The van der Waals surface area contributed by atoms with Gasteiger partial charge in [0.05, 0.1) is 12.2 Å². The first-order valence-electron chi connectivity index (χ1n) is 6.69. The Balaban J connectivity index is 2.47. The number of amides is 2. The van der Waals surface area contributed by atoms with E-state index in [1.165, 1.54) is 16.2 Å². The van der Waals surface area contributed by atoms with Gasteiger partial charge in [-0.25, -0.2) is 0 Å². The molecule has 0 fully saturated rings. The van der Waals surface area contributed by atoms with Crippen molar-refractivity contribution in [1.29, 1.82) is 0 Å². The number of thiophene rings is 1. The summed E-state index contributed by atoms with van der Waals surface area (Å²) in [7, 11) is 0. The van der Waals surface area contributed by atoms with Crippen molar-refractivity contribution in [3.63, 3.8) is 0 Å². The van der Waals surface area contributed by atoms with Gasteiger partial charge in [-0.1, -0.05) is 11.6 Å². The summed E-state index contributed by atoms with van der Waals surface area (Å²) in [6, 6.07) is 5.77. The van der Waals surface area contributed by atoms with E-state index < -0.39 is 5.91 Å². The molecule has 0 saturated heterocycles. The van der Waals surface area contributed by atoms with E-state index in [1.54, 1.807) is 0 Å². The number of anilines is 1. The van der Waals surface area contributed by atoms with Crippen LogP contribution >= 0.6 is 11.3 Å². The van der Waals surface area contributed by atoms with Gasteiger partial charge in [0.15, 0.2) is 0 Å². The summed E-state index contributed by atoms with van der Waals surface area (Å²) < 4.78 is 0.962. The molecule has 112 valence electrons. The van der Waals surface area contributed by atoms with Gasteiger partial charge in [0.1, 0.15) is 4.88 Å². The van der Waals surface area contributed by atoms with E-state index in [-0.39, 0.29) is 18.5 Å². The van der Waals surface area contributed by atoms with Gasteiger partial charge < -0.3 is 16.4 Å². The number of nitrogens with zero attached hydrogens (tertiary/aromatic N) is 1. The topological polar surface area (TPSA) is 89.4 Å². The van der Waals surface area contributed by atoms with Crippen LogP contribution in [0.15, 0.2) is 18.2 Å². The lowest BCUT2D eigenvalue weighted by Crippen LogP contribution is -2.42. The molecule has 0 aliphatic heterocycles. The second-order valence-electron chi connectivity index (χ2n) is 5.34. The molecule has 4 N–H and O–H groups in total. The number of carbonyl (C=O) groups excluding carboxylic acids is 2. The van der Waals surface area contributed by atoms with E-state index in [0.717, 1.165) is 15.6 Å². The average molecular weight is 305 g/mol. The van der Waals surface area contributed by atoms with Crippen molar-refractivity contribution >= 4 is 38.9 Å². The summed E-state index contributed by atoms with van der Waals surface area (Å²) in [6.07, 6.45) is 0. The molecule has 1 aromatic heterocycles. The summed E-state index contributed by atoms with van der Waals surface area (Å²) in [5, 5.41) is 0.881. The molecule has 0 radical (unpaired) electrons. The molecule has 2 aromatic rings. The Bertz CT molecular complexity index is 706. The highest BCUT2D eigenvalue weighted by Crippen LogP contribution is 2.35. The quantitative estimate of drug-likeness (QED) is 0.906. The van der Waals surface area contributed by atoms with Crippen LogP contribution in [0.2, 0.25) is 0 Å². The maximum absolute atomic E-state index is 12.6. The molecule has 2 amide bonds. The number of nitrogens with two attached hydrogens (primary N) is 2. The summed E-state index contributed by atoms with van der Waals surface area (Å²) >= 11 is 1.35. The molecule has 0 atom stereocenters. The van der Waals surface area contributed by atoms with Gasteiger partial charge in [0.25, 0.3) is 5.91 Å². The first kappa shape index (κ1) is 15.3. The third kappa shape index (κ3) is 3.00. The lowest BCUT2D eigenvalue weighted by Gasteiger charge is -2.24. The number of nitrogen functional groups attached to an aromatic ring is 1. The lowest BCUT2D eigenvalue weighted by molar-refractivity contribution is -0.119. The Hall–Kier alpha value is -2.08. The molecule has 0 bridgehead atoms. The van der Waals surface area contributed by atoms with Crippen molar-refractivity contribution in [2.45, 2.75) is 26.8 Å². The third-order valence-corrected chi connectivity index (χ3v) is 4.46. The highest BCUT2D eigenvalue weighted by Gasteiger charge is 2.25. The fourth-order valence-corrected chi connectivity index (χ4v) is 3.24. The lowest BCUT2D eigenvalue weighted by atomic mass is 10.1. The standard InChI is InChI=1S/C15H19N3O2S/c1-8(2)18(7-12(16)19)15(20)14-13(17)10-6-9(3)4-5-11(10)21-14/h4-6,8H,7,17H2,1-3H3,(H2,16,19). The minimum atomic E-state index is -0.535. The van der Waals surface area contributed by atoms with E-state index in [0.29, 0.717) is 10.6 Å². The Kier molecular flexibility index (Phi) is 4.18. The number of rotatable bonds is 4. The number of hydrogen-bond acceptors (Lipinski definition) is 4. The molecule has 0 spiro atoms. The van der Waals surface area contributed by atoms with Crippen LogP contribution < -0.4 is 11.5 Å². The van der Waals surface area contributed by atoms with Crippen LogP contribution in [0, 0.1) is 6.92 Å². The van der Waals surface area contributed by atoms with Crippen molar-refractivity contribution in [3.05, 3.63) is 28.6 Å². The second kappa shape index (κ2) is 5.73. The summed E-state index contributed by atoms with van der Waals surface area (Å²) in [4.78, 5) is 25.7. The van der Waals surface area contributed by atoms with Crippen LogP contribution in [0.25, 0.3) is 10.1 Å². The van der Waals surface area contributed by atoms with E-state index in [1.807, 2.05) is 39.0 Å². The number of fused-ring (bicyclic) bond motifs is 1. The van der Waals surface area contributed by atoms with E-state index >= 15 is 0 Å². The van der Waals surface area contributed by atoms with Crippen molar-refractivity contribution in [2.75, 3.05) is 12.3 Å². The Morgan fingerprint density at radius 3 is 2.57 bits per heavy atom. The Morgan fingerprint density at radius 2 is 2.00 bits per heavy atom. The summed E-state index contributed by atoms with van der Waals surface area (Å²) in [6.45, 7) is 5.55. The molecule has 21 heavy (non-hydrogen) atoms. The van der Waals surface area contributed by atoms with Crippen molar-refractivity contribution in [3.8, 4) is 0 Å². The number of benzene rings is 1. The monoisotopic (exact) mass is 305 g/mol. The third-order valence-electron chi connectivity index (χ3n) is 3.29. The van der Waals surface area contributed by atoms with Gasteiger partial charge >= 0.3 is 0 Å². The normalized spacial score (nSPS) is 11.0. The van der Waals surface area contributed by atoms with Gasteiger partial charge in [-0.2, -0.15) is 0 Å². The zero-order chi connectivity index (χ0) is 15.7. The number of hydrogen-bond donors (Lipinski definition) is 2. The van der Waals surface area contributed by atoms with Gasteiger partial charge in [0.2, 0.25) is 5.91 Å². The molecule has 1 aromatic carbocycles. The van der Waals surface area contributed by atoms with Crippen LogP contribution in [0.4, 0.5) is 5.69 Å². The Labute approximate surface area is 127 Å². The van der Waals surface area contributed by atoms with Crippen LogP contribution in [-0.2, 0) is 4.79 Å². The predicted molar refractivity (Wildman–Crippen MR) is 86.3 cm³/mol. The molecule has 0 saturated carbocycles. The molecule has 5 nitrogen and oxygen atoms in total. The summed E-state index contributed by atoms with van der Waals surface area (Å²) in [5.41, 5.74) is 12.9.